The van der Waals surface area contributed by atoms with E-state index in [1.165, 1.54) is 0 Å². The van der Waals surface area contributed by atoms with Gasteiger partial charge in [-0.3, -0.25) is 9.98 Å². The summed E-state index contributed by atoms with van der Waals surface area (Å²) in [5.74, 6) is 0.947. The zero-order valence-corrected chi connectivity index (χ0v) is 13.1. The van der Waals surface area contributed by atoms with Crippen molar-refractivity contribution >= 4 is 15.3 Å². The molecule has 2 rings (SSSR count). The summed E-state index contributed by atoms with van der Waals surface area (Å²) in [7, 11) is -0.770. The number of hydrogen-bond donors (Lipinski definition) is 0. The molecule has 1 unspecified atom stereocenters. The topological polar surface area (TPSA) is 34.5 Å². The number of aliphatic imine (C=N–C) groups is 1. The second-order valence-electron chi connectivity index (χ2n) is 4.79. The van der Waals surface area contributed by atoms with E-state index in [2.05, 4.69) is 36.1 Å². The molecule has 0 aliphatic carbocycles. The van der Waals surface area contributed by atoms with Crippen molar-refractivity contribution in [3.05, 3.63) is 59.9 Å². The molecule has 1 aromatic carbocycles. The van der Waals surface area contributed by atoms with E-state index in [-0.39, 0.29) is 6.04 Å². The number of hydrogen-bond acceptors (Lipinski definition) is 3. The Balaban J connectivity index is 2.17. The minimum atomic E-state index is -0.770. The number of rotatable bonds is 5. The molecule has 1 atom stereocenters. The smallest absolute Gasteiger partial charge is 0.274 e. The Kier molecular flexibility index (Phi) is 5.07. The number of para-hydroxylation sites is 1. The fraction of sp³-hybridized carbons (Fsp3) is 0.250. The minimum absolute atomic E-state index is 0.0627. The van der Waals surface area contributed by atoms with Crippen molar-refractivity contribution in [1.82, 2.24) is 4.98 Å². The number of benzene rings is 1. The first-order valence-electron chi connectivity index (χ1n) is 6.67. The van der Waals surface area contributed by atoms with Crippen LogP contribution >= 0.6 is 0 Å². The summed E-state index contributed by atoms with van der Waals surface area (Å²) < 4.78 is 5.93. The SMILES string of the molecule is CC(N=Cc1cccnc1)c1ccccc1O[Si](C)C. The summed E-state index contributed by atoms with van der Waals surface area (Å²) in [5.41, 5.74) is 2.13. The molecule has 1 aromatic heterocycles. The van der Waals surface area contributed by atoms with E-state index in [1.54, 1.807) is 12.4 Å². The summed E-state index contributed by atoms with van der Waals surface area (Å²) in [4.78, 5) is 8.68. The van der Waals surface area contributed by atoms with Gasteiger partial charge in [-0.25, -0.2) is 0 Å². The maximum absolute atomic E-state index is 5.93. The van der Waals surface area contributed by atoms with Crippen LogP contribution in [0.2, 0.25) is 13.1 Å². The fourth-order valence-electron chi connectivity index (χ4n) is 1.87. The molecule has 0 saturated carbocycles. The molecule has 4 heteroatoms. The third-order valence-electron chi connectivity index (χ3n) is 2.81. The molecule has 0 bridgehead atoms. The van der Waals surface area contributed by atoms with Crippen molar-refractivity contribution in [3.8, 4) is 5.75 Å². The molecular weight excluding hydrogens is 264 g/mol. The summed E-state index contributed by atoms with van der Waals surface area (Å²) in [5, 5.41) is 0. The normalized spacial score (nSPS) is 12.8. The van der Waals surface area contributed by atoms with E-state index in [9.17, 15) is 0 Å². The molecule has 0 amide bonds. The van der Waals surface area contributed by atoms with Crippen molar-refractivity contribution in [1.29, 1.82) is 0 Å². The van der Waals surface area contributed by atoms with Crippen LogP contribution in [0.1, 0.15) is 24.1 Å². The van der Waals surface area contributed by atoms with Gasteiger partial charge in [0.25, 0.3) is 9.04 Å². The minimum Gasteiger partial charge on any atom is -0.542 e. The molecule has 0 aliphatic heterocycles. The first-order chi connectivity index (χ1) is 9.66. The van der Waals surface area contributed by atoms with Crippen molar-refractivity contribution in [3.63, 3.8) is 0 Å². The van der Waals surface area contributed by atoms with Crippen LogP contribution in [-0.2, 0) is 0 Å². The Morgan fingerprint density at radius 1 is 1.20 bits per heavy atom. The summed E-state index contributed by atoms with van der Waals surface area (Å²) in [6.45, 7) is 6.34. The number of pyridine rings is 1. The van der Waals surface area contributed by atoms with Crippen LogP contribution in [0.25, 0.3) is 0 Å². The molecule has 0 aliphatic rings. The van der Waals surface area contributed by atoms with Gasteiger partial charge >= 0.3 is 0 Å². The van der Waals surface area contributed by atoms with Gasteiger partial charge in [0.1, 0.15) is 5.75 Å². The van der Waals surface area contributed by atoms with Crippen LogP contribution in [0.15, 0.2) is 53.8 Å². The highest BCUT2D eigenvalue weighted by atomic mass is 28.3. The molecule has 1 heterocycles. The molecule has 1 radical (unpaired) electrons. The van der Waals surface area contributed by atoms with E-state index in [0.717, 1.165) is 16.9 Å². The van der Waals surface area contributed by atoms with Gasteiger partial charge in [0, 0.05) is 29.7 Å². The molecule has 0 saturated heterocycles. The van der Waals surface area contributed by atoms with Crippen molar-refractivity contribution in [2.45, 2.75) is 26.1 Å². The van der Waals surface area contributed by atoms with Crippen LogP contribution in [0.5, 0.6) is 5.75 Å². The Bertz CT molecular complexity index is 570. The van der Waals surface area contributed by atoms with Gasteiger partial charge in [0.05, 0.1) is 6.04 Å². The predicted molar refractivity (Wildman–Crippen MR) is 84.8 cm³/mol. The van der Waals surface area contributed by atoms with Gasteiger partial charge in [-0.15, -0.1) is 0 Å². The molecule has 3 nitrogen and oxygen atoms in total. The summed E-state index contributed by atoms with van der Waals surface area (Å²) >= 11 is 0. The second kappa shape index (κ2) is 7.00. The average molecular weight is 283 g/mol. The Morgan fingerprint density at radius 3 is 2.70 bits per heavy atom. The summed E-state index contributed by atoms with van der Waals surface area (Å²) in [6.07, 6.45) is 5.42. The maximum Gasteiger partial charge on any atom is 0.274 e. The van der Waals surface area contributed by atoms with Gasteiger partial charge in [-0.1, -0.05) is 24.3 Å². The van der Waals surface area contributed by atoms with E-state index in [0.29, 0.717) is 0 Å². The molecule has 0 fully saturated rings. The number of nitrogens with zero attached hydrogens (tertiary/aromatic N) is 2. The quantitative estimate of drug-likeness (QED) is 0.616. The van der Waals surface area contributed by atoms with Crippen molar-refractivity contribution in [2.75, 3.05) is 0 Å². The Morgan fingerprint density at radius 2 is 2.00 bits per heavy atom. The third kappa shape index (κ3) is 4.03. The largest absolute Gasteiger partial charge is 0.542 e. The Hall–Kier alpha value is -1.94. The van der Waals surface area contributed by atoms with Crippen LogP contribution in [-0.4, -0.2) is 20.2 Å². The van der Waals surface area contributed by atoms with E-state index < -0.39 is 9.04 Å². The van der Waals surface area contributed by atoms with E-state index in [4.69, 9.17) is 4.43 Å². The second-order valence-corrected chi connectivity index (χ2v) is 6.81. The lowest BCUT2D eigenvalue weighted by Gasteiger charge is -2.15. The molecule has 103 valence electrons. The zero-order chi connectivity index (χ0) is 14.4. The van der Waals surface area contributed by atoms with Gasteiger partial charge in [-0.2, -0.15) is 0 Å². The maximum atomic E-state index is 5.93. The van der Waals surface area contributed by atoms with Gasteiger partial charge in [0.15, 0.2) is 0 Å². The number of aromatic nitrogens is 1. The zero-order valence-electron chi connectivity index (χ0n) is 12.1. The standard InChI is InChI=1S/C16H19N2OSi/c1-13(18-12-14-7-6-10-17-11-14)15-8-4-5-9-16(15)19-20(2)3/h4-13H,1-3H3. The highest BCUT2D eigenvalue weighted by Crippen LogP contribution is 2.27. The molecule has 2 aromatic rings. The molecule has 0 spiro atoms. The lowest BCUT2D eigenvalue weighted by atomic mass is 10.1. The Labute approximate surface area is 122 Å². The van der Waals surface area contributed by atoms with Gasteiger partial charge in [0.2, 0.25) is 0 Å². The third-order valence-corrected chi connectivity index (χ3v) is 3.44. The van der Waals surface area contributed by atoms with Crippen LogP contribution in [0, 0.1) is 0 Å². The molecule has 20 heavy (non-hydrogen) atoms. The predicted octanol–water partition coefficient (Wildman–Crippen LogP) is 3.89. The highest BCUT2D eigenvalue weighted by molar-refractivity contribution is 6.49. The summed E-state index contributed by atoms with van der Waals surface area (Å²) in [6, 6.07) is 12.1. The lowest BCUT2D eigenvalue weighted by molar-refractivity contribution is 0.564. The van der Waals surface area contributed by atoms with Crippen molar-refractivity contribution < 1.29 is 4.43 Å². The first-order valence-corrected chi connectivity index (χ1v) is 9.08. The highest BCUT2D eigenvalue weighted by Gasteiger charge is 2.11. The van der Waals surface area contributed by atoms with Crippen LogP contribution in [0.3, 0.4) is 0 Å². The van der Waals surface area contributed by atoms with Crippen molar-refractivity contribution in [2.24, 2.45) is 4.99 Å². The van der Waals surface area contributed by atoms with Gasteiger partial charge in [-0.05, 0) is 32.2 Å². The van der Waals surface area contributed by atoms with Crippen LogP contribution < -0.4 is 4.43 Å². The average Bonchev–Trinajstić information content (AvgIpc) is 2.46. The van der Waals surface area contributed by atoms with Gasteiger partial charge < -0.3 is 4.43 Å². The molecule has 0 N–H and O–H groups in total. The first kappa shape index (κ1) is 14.5. The van der Waals surface area contributed by atoms with E-state index in [1.807, 2.05) is 36.5 Å². The van der Waals surface area contributed by atoms with Crippen LogP contribution in [0.4, 0.5) is 0 Å². The fourth-order valence-corrected chi connectivity index (χ4v) is 2.49. The monoisotopic (exact) mass is 283 g/mol. The molecular formula is C16H19N2OSi. The lowest BCUT2D eigenvalue weighted by Crippen LogP contribution is -2.13. The van der Waals surface area contributed by atoms with E-state index >= 15 is 0 Å².